The molecular formula is C11H14FNO. The van der Waals surface area contributed by atoms with Gasteiger partial charge in [0.15, 0.2) is 0 Å². The Morgan fingerprint density at radius 3 is 2.86 bits per heavy atom. The van der Waals surface area contributed by atoms with Gasteiger partial charge in [-0.3, -0.25) is 4.79 Å². The lowest BCUT2D eigenvalue weighted by Gasteiger charge is -2.25. The largest absolute Gasteiger partial charge is 0.356 e. The maximum absolute atomic E-state index is 12.7. The van der Waals surface area contributed by atoms with Crippen LogP contribution in [-0.4, -0.2) is 12.5 Å². The van der Waals surface area contributed by atoms with Gasteiger partial charge in [-0.1, -0.05) is 11.6 Å². The molecule has 0 bridgehead atoms. The zero-order valence-electron chi connectivity index (χ0n) is 8.05. The predicted molar refractivity (Wildman–Crippen MR) is 52.2 cm³/mol. The first-order valence-corrected chi connectivity index (χ1v) is 5.07. The van der Waals surface area contributed by atoms with Crippen LogP contribution in [0.15, 0.2) is 23.6 Å². The van der Waals surface area contributed by atoms with Crippen molar-refractivity contribution in [2.45, 2.75) is 25.7 Å². The Bertz CT molecular complexity index is 306. The third-order valence-electron chi connectivity index (χ3n) is 2.90. The predicted octanol–water partition coefficient (Wildman–Crippen LogP) is 2.09. The molecule has 76 valence electrons. The third kappa shape index (κ3) is 2.03. The molecule has 0 unspecified atom stereocenters. The molecule has 3 heteroatoms. The molecule has 2 aliphatic rings. The maximum atomic E-state index is 12.7. The molecule has 0 radical (unpaired) electrons. The molecule has 2 nitrogen and oxygen atoms in total. The van der Waals surface area contributed by atoms with E-state index in [0.717, 1.165) is 19.4 Å². The number of amides is 1. The van der Waals surface area contributed by atoms with Gasteiger partial charge in [-0.05, 0) is 24.8 Å². The van der Waals surface area contributed by atoms with E-state index in [0.29, 0.717) is 18.8 Å². The molecule has 1 aliphatic heterocycles. The first-order valence-electron chi connectivity index (χ1n) is 5.07. The highest BCUT2D eigenvalue weighted by atomic mass is 19.1. The van der Waals surface area contributed by atoms with Crippen LogP contribution in [0.2, 0.25) is 0 Å². The lowest BCUT2D eigenvalue weighted by Crippen LogP contribution is -2.34. The number of carbonyl (C=O) groups excluding carboxylic acids is 1. The summed E-state index contributed by atoms with van der Waals surface area (Å²) in [7, 11) is 0. The third-order valence-corrected chi connectivity index (χ3v) is 2.90. The fourth-order valence-corrected chi connectivity index (χ4v) is 2.07. The van der Waals surface area contributed by atoms with Crippen LogP contribution in [0.3, 0.4) is 0 Å². The fourth-order valence-electron chi connectivity index (χ4n) is 2.07. The van der Waals surface area contributed by atoms with E-state index in [1.54, 1.807) is 0 Å². The van der Waals surface area contributed by atoms with E-state index in [-0.39, 0.29) is 11.7 Å². The average Bonchev–Trinajstić information content (AvgIpc) is 2.19. The number of piperidine rings is 1. The Hall–Kier alpha value is -1.12. The van der Waals surface area contributed by atoms with Crippen LogP contribution in [0.4, 0.5) is 4.39 Å². The Labute approximate surface area is 82.9 Å². The smallest absolute Gasteiger partial charge is 0.220 e. The highest BCUT2D eigenvalue weighted by molar-refractivity contribution is 5.77. The van der Waals surface area contributed by atoms with Crippen LogP contribution in [-0.2, 0) is 4.79 Å². The fraction of sp³-hybridized carbons (Fsp3) is 0.545. The standard InChI is InChI=1S/C11H14FNO/c12-10-3-1-8(2-4-10)9-5-6-13-11(14)7-9/h1,3,9H,2,4-7H2,(H,13,14)/t9-/m0/s1. The van der Waals surface area contributed by atoms with Gasteiger partial charge in [-0.25, -0.2) is 4.39 Å². The maximum Gasteiger partial charge on any atom is 0.220 e. The van der Waals surface area contributed by atoms with Gasteiger partial charge in [0, 0.05) is 19.4 Å². The van der Waals surface area contributed by atoms with E-state index in [2.05, 4.69) is 5.32 Å². The summed E-state index contributed by atoms with van der Waals surface area (Å²) < 4.78 is 12.7. The highest BCUT2D eigenvalue weighted by Crippen LogP contribution is 2.30. The minimum Gasteiger partial charge on any atom is -0.356 e. The first-order chi connectivity index (χ1) is 6.75. The molecule has 1 saturated heterocycles. The molecule has 1 heterocycles. The van der Waals surface area contributed by atoms with Crippen LogP contribution < -0.4 is 5.32 Å². The highest BCUT2D eigenvalue weighted by Gasteiger charge is 2.23. The molecule has 14 heavy (non-hydrogen) atoms. The summed E-state index contributed by atoms with van der Waals surface area (Å²) >= 11 is 0. The molecule has 0 saturated carbocycles. The van der Waals surface area contributed by atoms with Gasteiger partial charge in [0.05, 0.1) is 0 Å². The molecule has 0 aromatic rings. The van der Waals surface area contributed by atoms with Gasteiger partial charge in [0.25, 0.3) is 0 Å². The molecule has 1 amide bonds. The summed E-state index contributed by atoms with van der Waals surface area (Å²) in [4.78, 5) is 11.2. The van der Waals surface area contributed by atoms with Crippen LogP contribution in [0.5, 0.6) is 0 Å². The summed E-state index contributed by atoms with van der Waals surface area (Å²) in [5.74, 6) is 0.416. The summed E-state index contributed by atoms with van der Waals surface area (Å²) in [6.07, 6.45) is 6.23. The van der Waals surface area contributed by atoms with Crippen LogP contribution >= 0.6 is 0 Å². The number of hydrogen-bond acceptors (Lipinski definition) is 1. The molecule has 0 aromatic heterocycles. The van der Waals surface area contributed by atoms with E-state index in [4.69, 9.17) is 0 Å². The van der Waals surface area contributed by atoms with Crippen molar-refractivity contribution >= 4 is 5.91 Å². The second-order valence-corrected chi connectivity index (χ2v) is 3.89. The number of nitrogens with one attached hydrogen (secondary N) is 1. The topological polar surface area (TPSA) is 29.1 Å². The van der Waals surface area contributed by atoms with Gasteiger partial charge in [0.1, 0.15) is 5.83 Å². The number of rotatable bonds is 1. The van der Waals surface area contributed by atoms with Crippen molar-refractivity contribution in [2.75, 3.05) is 6.54 Å². The summed E-state index contributed by atoms with van der Waals surface area (Å²) in [6.45, 7) is 0.757. The second-order valence-electron chi connectivity index (χ2n) is 3.89. The van der Waals surface area contributed by atoms with Crippen LogP contribution in [0.1, 0.15) is 25.7 Å². The molecule has 1 fully saturated rings. The van der Waals surface area contributed by atoms with Gasteiger partial charge in [0.2, 0.25) is 5.91 Å². The zero-order chi connectivity index (χ0) is 9.97. The number of carbonyl (C=O) groups is 1. The molecule has 0 spiro atoms. The Kier molecular flexibility index (Phi) is 2.66. The second kappa shape index (κ2) is 3.95. The first kappa shape index (κ1) is 9.44. The van der Waals surface area contributed by atoms with Crippen molar-refractivity contribution in [3.05, 3.63) is 23.6 Å². The van der Waals surface area contributed by atoms with Crippen molar-refractivity contribution in [1.29, 1.82) is 0 Å². The molecular weight excluding hydrogens is 181 g/mol. The summed E-state index contributed by atoms with van der Waals surface area (Å²) in [5.41, 5.74) is 1.24. The van der Waals surface area contributed by atoms with Gasteiger partial charge >= 0.3 is 0 Å². The number of hydrogen-bond donors (Lipinski definition) is 1. The van der Waals surface area contributed by atoms with E-state index < -0.39 is 0 Å². The monoisotopic (exact) mass is 195 g/mol. The van der Waals surface area contributed by atoms with Gasteiger partial charge in [-0.15, -0.1) is 0 Å². The lowest BCUT2D eigenvalue weighted by atomic mass is 9.85. The van der Waals surface area contributed by atoms with Crippen LogP contribution in [0, 0.1) is 5.92 Å². The molecule has 2 rings (SSSR count). The summed E-state index contributed by atoms with van der Waals surface area (Å²) in [6, 6.07) is 0. The quantitative estimate of drug-likeness (QED) is 0.682. The lowest BCUT2D eigenvalue weighted by molar-refractivity contribution is -0.123. The van der Waals surface area contributed by atoms with Crippen molar-refractivity contribution < 1.29 is 9.18 Å². The minimum absolute atomic E-state index is 0.0472. The Balaban J connectivity index is 2.04. The molecule has 1 N–H and O–H groups in total. The van der Waals surface area contributed by atoms with Crippen molar-refractivity contribution in [3.63, 3.8) is 0 Å². The average molecular weight is 195 g/mol. The Morgan fingerprint density at radius 1 is 1.36 bits per heavy atom. The molecule has 0 aromatic carbocycles. The van der Waals surface area contributed by atoms with Gasteiger partial charge < -0.3 is 5.32 Å². The van der Waals surface area contributed by atoms with E-state index in [9.17, 15) is 9.18 Å². The van der Waals surface area contributed by atoms with Crippen molar-refractivity contribution in [3.8, 4) is 0 Å². The van der Waals surface area contributed by atoms with Crippen LogP contribution in [0.25, 0.3) is 0 Å². The summed E-state index contributed by atoms with van der Waals surface area (Å²) in [5, 5.41) is 2.80. The van der Waals surface area contributed by atoms with Crippen molar-refractivity contribution in [2.24, 2.45) is 5.92 Å². The normalized spacial score (nSPS) is 27.8. The van der Waals surface area contributed by atoms with Crippen molar-refractivity contribution in [1.82, 2.24) is 5.32 Å². The van der Waals surface area contributed by atoms with E-state index >= 15 is 0 Å². The SMILES string of the molecule is O=C1C[C@@H](C2=CC=C(F)CC2)CCN1. The number of allylic oxidation sites excluding steroid dienone is 4. The molecule has 1 aliphatic carbocycles. The van der Waals surface area contributed by atoms with E-state index in [1.165, 1.54) is 11.6 Å². The van der Waals surface area contributed by atoms with Gasteiger partial charge in [-0.2, -0.15) is 0 Å². The minimum atomic E-state index is -0.0472. The van der Waals surface area contributed by atoms with E-state index in [1.807, 2.05) is 6.08 Å². The molecule has 1 atom stereocenters. The Morgan fingerprint density at radius 2 is 2.21 bits per heavy atom. The number of halogens is 1. The zero-order valence-corrected chi connectivity index (χ0v) is 8.05.